The molecule has 1 atom stereocenters. The Morgan fingerprint density at radius 1 is 0.971 bits per heavy atom. The average Bonchev–Trinajstić information content (AvgIpc) is 3.19. The van der Waals surface area contributed by atoms with Gasteiger partial charge in [-0.05, 0) is 68.3 Å². The van der Waals surface area contributed by atoms with Gasteiger partial charge in [0.25, 0.3) is 5.91 Å². The first kappa shape index (κ1) is 23.5. The monoisotopic (exact) mass is 475 g/mol. The zero-order valence-corrected chi connectivity index (χ0v) is 20.1. The second-order valence-corrected chi connectivity index (χ2v) is 9.04. The highest BCUT2D eigenvalue weighted by Crippen LogP contribution is 2.32. The van der Waals surface area contributed by atoms with Crippen molar-refractivity contribution in [3.05, 3.63) is 87.9 Å². The first-order valence-corrected chi connectivity index (χ1v) is 11.5. The number of hydrogen-bond donors (Lipinski definition) is 2. The van der Waals surface area contributed by atoms with Crippen molar-refractivity contribution in [3.63, 3.8) is 0 Å². The molecule has 4 rings (SSSR count). The van der Waals surface area contributed by atoms with E-state index in [-0.39, 0.29) is 30.7 Å². The smallest absolute Gasteiger partial charge is 0.255 e. The van der Waals surface area contributed by atoms with Gasteiger partial charge in [0.1, 0.15) is 0 Å². The van der Waals surface area contributed by atoms with Gasteiger partial charge in [-0.15, -0.1) is 0 Å². The number of halogens is 1. The highest BCUT2D eigenvalue weighted by atomic mass is 35.5. The van der Waals surface area contributed by atoms with E-state index in [1.807, 2.05) is 45.0 Å². The van der Waals surface area contributed by atoms with Crippen LogP contribution >= 0.6 is 11.6 Å². The van der Waals surface area contributed by atoms with Gasteiger partial charge >= 0.3 is 0 Å². The molecule has 0 spiro atoms. The summed E-state index contributed by atoms with van der Waals surface area (Å²) in [5, 5.41) is 6.35. The van der Waals surface area contributed by atoms with Gasteiger partial charge in [-0.2, -0.15) is 0 Å². The molecule has 1 fully saturated rings. The van der Waals surface area contributed by atoms with Gasteiger partial charge in [0.05, 0.1) is 5.92 Å². The number of amides is 3. The van der Waals surface area contributed by atoms with Gasteiger partial charge in [0, 0.05) is 40.6 Å². The Balaban J connectivity index is 1.44. The van der Waals surface area contributed by atoms with Crippen molar-refractivity contribution in [1.82, 2.24) is 0 Å². The zero-order chi connectivity index (χ0) is 24.4. The third-order valence-corrected chi connectivity index (χ3v) is 6.46. The van der Waals surface area contributed by atoms with Gasteiger partial charge in [0.15, 0.2) is 0 Å². The Kier molecular flexibility index (Phi) is 6.70. The molecule has 1 heterocycles. The van der Waals surface area contributed by atoms with Gasteiger partial charge in [-0.3, -0.25) is 14.4 Å². The third-order valence-electron chi connectivity index (χ3n) is 6.05. The predicted molar refractivity (Wildman–Crippen MR) is 136 cm³/mol. The molecule has 3 aromatic carbocycles. The van der Waals surface area contributed by atoms with Gasteiger partial charge in [0.2, 0.25) is 11.8 Å². The summed E-state index contributed by atoms with van der Waals surface area (Å²) < 4.78 is 0. The summed E-state index contributed by atoms with van der Waals surface area (Å²) in [6.45, 7) is 6.07. The molecule has 0 aromatic heterocycles. The van der Waals surface area contributed by atoms with Crippen LogP contribution in [0.25, 0.3) is 0 Å². The molecule has 1 aliphatic heterocycles. The maximum atomic E-state index is 12.9. The standard InChI is InChI=1S/C27H26ClN3O3/c1-16-10-11-23(17(2)12-16)30-26(33)19-6-4-7-21(13-19)29-27(34)20-14-25(32)31(15-20)24-9-5-8-22(28)18(24)3/h4-13,20H,14-15H2,1-3H3,(H,29,34)(H,30,33)/t20-/m0/s1. The minimum atomic E-state index is -0.501. The van der Waals surface area contributed by atoms with E-state index in [1.54, 1.807) is 41.3 Å². The lowest BCUT2D eigenvalue weighted by Crippen LogP contribution is -2.28. The Morgan fingerprint density at radius 3 is 2.50 bits per heavy atom. The molecule has 6 nitrogen and oxygen atoms in total. The predicted octanol–water partition coefficient (Wildman–Crippen LogP) is 5.51. The van der Waals surface area contributed by atoms with Crippen LogP contribution in [0, 0.1) is 26.7 Å². The first-order chi connectivity index (χ1) is 16.2. The molecule has 174 valence electrons. The molecule has 0 aliphatic carbocycles. The second-order valence-electron chi connectivity index (χ2n) is 8.63. The quantitative estimate of drug-likeness (QED) is 0.510. The number of benzene rings is 3. The van der Waals surface area contributed by atoms with E-state index in [9.17, 15) is 14.4 Å². The minimum Gasteiger partial charge on any atom is -0.326 e. The molecule has 0 bridgehead atoms. The maximum absolute atomic E-state index is 12.9. The van der Waals surface area contributed by atoms with Crippen LogP contribution < -0.4 is 15.5 Å². The molecule has 0 unspecified atom stereocenters. The molecular formula is C27H26ClN3O3. The summed E-state index contributed by atoms with van der Waals surface area (Å²) in [5.41, 5.74) is 5.29. The van der Waals surface area contributed by atoms with Crippen molar-refractivity contribution in [3.8, 4) is 0 Å². The first-order valence-electron chi connectivity index (χ1n) is 11.1. The highest BCUT2D eigenvalue weighted by molar-refractivity contribution is 6.31. The second kappa shape index (κ2) is 9.69. The SMILES string of the molecule is Cc1ccc(NC(=O)c2cccc(NC(=O)[C@H]3CC(=O)N(c4cccc(Cl)c4C)C3)c2)c(C)c1. The van der Waals surface area contributed by atoms with Crippen LogP contribution in [-0.4, -0.2) is 24.3 Å². The van der Waals surface area contributed by atoms with Crippen LogP contribution in [0.15, 0.2) is 60.7 Å². The number of aryl methyl sites for hydroxylation is 2. The van der Waals surface area contributed by atoms with Crippen molar-refractivity contribution in [2.45, 2.75) is 27.2 Å². The van der Waals surface area contributed by atoms with Crippen molar-refractivity contribution in [1.29, 1.82) is 0 Å². The summed E-state index contributed by atoms with van der Waals surface area (Å²) in [6.07, 6.45) is 0.116. The largest absolute Gasteiger partial charge is 0.326 e. The number of carbonyl (C=O) groups excluding carboxylic acids is 3. The van der Waals surface area contributed by atoms with Crippen LogP contribution in [0.5, 0.6) is 0 Å². The normalized spacial score (nSPS) is 15.4. The molecular weight excluding hydrogens is 450 g/mol. The fourth-order valence-corrected chi connectivity index (χ4v) is 4.30. The van der Waals surface area contributed by atoms with Gasteiger partial charge in [-0.25, -0.2) is 0 Å². The van der Waals surface area contributed by atoms with Crippen LogP contribution in [-0.2, 0) is 9.59 Å². The van der Waals surface area contributed by atoms with Crippen molar-refractivity contribution in [2.24, 2.45) is 5.92 Å². The van der Waals surface area contributed by atoms with E-state index in [2.05, 4.69) is 10.6 Å². The molecule has 1 saturated heterocycles. The summed E-state index contributed by atoms with van der Waals surface area (Å²) in [4.78, 5) is 39.9. The molecule has 34 heavy (non-hydrogen) atoms. The molecule has 1 aliphatic rings. The highest BCUT2D eigenvalue weighted by Gasteiger charge is 2.36. The lowest BCUT2D eigenvalue weighted by atomic mass is 10.1. The number of nitrogens with one attached hydrogen (secondary N) is 2. The Morgan fingerprint density at radius 2 is 1.74 bits per heavy atom. The summed E-state index contributed by atoms with van der Waals surface area (Å²) in [6, 6.07) is 18.0. The Bertz CT molecular complexity index is 1290. The lowest BCUT2D eigenvalue weighted by Gasteiger charge is -2.19. The number of anilines is 3. The lowest BCUT2D eigenvalue weighted by molar-refractivity contribution is -0.122. The van der Waals surface area contributed by atoms with E-state index < -0.39 is 5.92 Å². The van der Waals surface area contributed by atoms with Gasteiger partial charge in [-0.1, -0.05) is 41.4 Å². The van der Waals surface area contributed by atoms with E-state index in [0.717, 1.165) is 28.1 Å². The number of rotatable bonds is 5. The summed E-state index contributed by atoms with van der Waals surface area (Å²) in [5.74, 6) is -1.14. The number of carbonyl (C=O) groups is 3. The zero-order valence-electron chi connectivity index (χ0n) is 19.3. The van der Waals surface area contributed by atoms with Crippen molar-refractivity contribution in [2.75, 3.05) is 22.1 Å². The molecule has 3 amide bonds. The summed E-state index contributed by atoms with van der Waals surface area (Å²) in [7, 11) is 0. The van der Waals surface area contributed by atoms with Crippen molar-refractivity contribution >= 4 is 46.4 Å². The fraction of sp³-hybridized carbons (Fsp3) is 0.222. The topological polar surface area (TPSA) is 78.5 Å². The molecule has 7 heteroatoms. The Hall–Kier alpha value is -3.64. The number of hydrogen-bond acceptors (Lipinski definition) is 3. The molecule has 3 aromatic rings. The van der Waals surface area contributed by atoms with E-state index >= 15 is 0 Å². The van der Waals surface area contributed by atoms with Crippen LogP contribution in [0.3, 0.4) is 0 Å². The Labute approximate surface area is 203 Å². The summed E-state index contributed by atoms with van der Waals surface area (Å²) >= 11 is 6.20. The van der Waals surface area contributed by atoms with E-state index in [0.29, 0.717) is 16.3 Å². The third kappa shape index (κ3) is 4.97. The molecule has 0 saturated carbocycles. The molecule has 0 radical (unpaired) electrons. The van der Waals surface area contributed by atoms with E-state index in [1.165, 1.54) is 0 Å². The van der Waals surface area contributed by atoms with E-state index in [4.69, 9.17) is 11.6 Å². The molecule has 2 N–H and O–H groups in total. The van der Waals surface area contributed by atoms with Crippen LogP contribution in [0.4, 0.5) is 17.1 Å². The van der Waals surface area contributed by atoms with Crippen LogP contribution in [0.1, 0.15) is 33.5 Å². The van der Waals surface area contributed by atoms with Crippen LogP contribution in [0.2, 0.25) is 5.02 Å². The van der Waals surface area contributed by atoms with Crippen molar-refractivity contribution < 1.29 is 14.4 Å². The average molecular weight is 476 g/mol. The maximum Gasteiger partial charge on any atom is 0.255 e. The fourth-order valence-electron chi connectivity index (χ4n) is 4.14. The minimum absolute atomic E-state index is 0.116. The number of nitrogens with zero attached hydrogens (tertiary/aromatic N) is 1. The van der Waals surface area contributed by atoms with Gasteiger partial charge < -0.3 is 15.5 Å².